The van der Waals surface area contributed by atoms with Gasteiger partial charge in [-0.25, -0.2) is 0 Å². The fourth-order valence-corrected chi connectivity index (χ4v) is 2.74. The van der Waals surface area contributed by atoms with Gasteiger partial charge in [-0.1, -0.05) is 19.8 Å². The summed E-state index contributed by atoms with van der Waals surface area (Å²) in [7, 11) is 0. The molecule has 1 aliphatic rings. The van der Waals surface area contributed by atoms with E-state index in [9.17, 15) is 9.90 Å². The van der Waals surface area contributed by atoms with Crippen molar-refractivity contribution >= 4 is 5.97 Å². The van der Waals surface area contributed by atoms with Crippen LogP contribution in [-0.2, 0) is 4.79 Å². The number of terminal acetylenes is 1. The Kier molecular flexibility index (Phi) is 3.76. The van der Waals surface area contributed by atoms with E-state index in [1.54, 1.807) is 0 Å². The Morgan fingerprint density at radius 2 is 2.07 bits per heavy atom. The van der Waals surface area contributed by atoms with E-state index < -0.39 is 11.5 Å². The quantitative estimate of drug-likeness (QED) is 0.692. The highest BCUT2D eigenvalue weighted by atomic mass is 16.4. The molecule has 84 valence electrons. The van der Waals surface area contributed by atoms with Crippen molar-refractivity contribution in [1.29, 1.82) is 0 Å². The highest BCUT2D eigenvalue weighted by Crippen LogP contribution is 2.36. The lowest BCUT2D eigenvalue weighted by atomic mass is 9.71. The summed E-state index contributed by atoms with van der Waals surface area (Å²) < 4.78 is 0. The maximum atomic E-state index is 11.3. The largest absolute Gasteiger partial charge is 0.480 e. The van der Waals surface area contributed by atoms with Crippen LogP contribution in [0.1, 0.15) is 33.1 Å². The van der Waals surface area contributed by atoms with Crippen LogP contribution < -0.4 is 5.32 Å². The third-order valence-electron chi connectivity index (χ3n) is 3.14. The monoisotopic (exact) mass is 209 g/mol. The fraction of sp³-hybridized carbons (Fsp3) is 0.750. The number of carboxylic acids is 1. The first-order valence-electron chi connectivity index (χ1n) is 5.42. The van der Waals surface area contributed by atoms with Crippen LogP contribution in [0, 0.1) is 24.2 Å². The van der Waals surface area contributed by atoms with E-state index in [2.05, 4.69) is 25.1 Å². The molecule has 0 amide bonds. The lowest BCUT2D eigenvalue weighted by Gasteiger charge is -2.40. The molecule has 3 heteroatoms. The van der Waals surface area contributed by atoms with Gasteiger partial charge in [0.2, 0.25) is 0 Å². The molecule has 2 N–H and O–H groups in total. The van der Waals surface area contributed by atoms with Crippen molar-refractivity contribution in [2.45, 2.75) is 38.6 Å². The van der Waals surface area contributed by atoms with Crippen LogP contribution in [0.2, 0.25) is 0 Å². The van der Waals surface area contributed by atoms with Gasteiger partial charge in [0.25, 0.3) is 0 Å². The molecule has 0 aliphatic heterocycles. The smallest absolute Gasteiger partial charge is 0.323 e. The molecule has 0 aromatic rings. The summed E-state index contributed by atoms with van der Waals surface area (Å²) in [5.41, 5.74) is -0.802. The van der Waals surface area contributed by atoms with Crippen LogP contribution in [0.3, 0.4) is 0 Å². The zero-order valence-corrected chi connectivity index (χ0v) is 9.42. The first kappa shape index (κ1) is 12.1. The normalized spacial score (nSPS) is 35.8. The first-order chi connectivity index (χ1) is 7.00. The van der Waals surface area contributed by atoms with Gasteiger partial charge in [0.15, 0.2) is 0 Å². The number of carboxylic acid groups (broad SMARTS) is 1. The Morgan fingerprint density at radius 1 is 1.53 bits per heavy atom. The van der Waals surface area contributed by atoms with Crippen LogP contribution in [0.15, 0.2) is 0 Å². The Morgan fingerprint density at radius 3 is 2.47 bits per heavy atom. The average Bonchev–Trinajstić information content (AvgIpc) is 2.13. The summed E-state index contributed by atoms with van der Waals surface area (Å²) in [5.74, 6) is 2.56. The molecule has 0 spiro atoms. The van der Waals surface area contributed by atoms with E-state index in [4.69, 9.17) is 6.42 Å². The van der Waals surface area contributed by atoms with Crippen LogP contribution >= 0.6 is 0 Å². The summed E-state index contributed by atoms with van der Waals surface area (Å²) in [4.78, 5) is 11.3. The molecule has 0 bridgehead atoms. The van der Waals surface area contributed by atoms with Crippen molar-refractivity contribution in [3.05, 3.63) is 0 Å². The van der Waals surface area contributed by atoms with Crippen molar-refractivity contribution in [2.24, 2.45) is 11.8 Å². The van der Waals surface area contributed by atoms with Crippen molar-refractivity contribution in [2.75, 3.05) is 6.54 Å². The van der Waals surface area contributed by atoms with Crippen LogP contribution in [0.5, 0.6) is 0 Å². The molecule has 15 heavy (non-hydrogen) atoms. The van der Waals surface area contributed by atoms with Gasteiger partial charge in [0.05, 0.1) is 6.54 Å². The highest BCUT2D eigenvalue weighted by Gasteiger charge is 2.43. The molecule has 0 heterocycles. The van der Waals surface area contributed by atoms with Crippen molar-refractivity contribution < 1.29 is 9.90 Å². The Hall–Kier alpha value is -1.01. The van der Waals surface area contributed by atoms with Gasteiger partial charge in [0.1, 0.15) is 5.54 Å². The van der Waals surface area contributed by atoms with Gasteiger partial charge in [-0.3, -0.25) is 10.1 Å². The molecule has 0 aromatic heterocycles. The van der Waals surface area contributed by atoms with Crippen molar-refractivity contribution in [3.8, 4) is 12.3 Å². The van der Waals surface area contributed by atoms with Gasteiger partial charge in [0, 0.05) is 0 Å². The van der Waals surface area contributed by atoms with E-state index in [1.165, 1.54) is 0 Å². The van der Waals surface area contributed by atoms with Crippen LogP contribution in [0.25, 0.3) is 0 Å². The summed E-state index contributed by atoms with van der Waals surface area (Å²) in [5, 5.41) is 12.3. The summed E-state index contributed by atoms with van der Waals surface area (Å²) >= 11 is 0. The number of rotatable bonds is 3. The standard InChI is InChI=1S/C12H19NO2/c1-4-5-13-12(11(14)15)7-9(2)6-10(3)8-12/h1,9-10,13H,5-8H2,2-3H3,(H,14,15). The molecule has 1 aliphatic carbocycles. The molecule has 0 radical (unpaired) electrons. The van der Waals surface area contributed by atoms with E-state index in [0.29, 0.717) is 31.2 Å². The second-order valence-electron chi connectivity index (χ2n) is 4.80. The summed E-state index contributed by atoms with van der Waals surface area (Å²) in [6.45, 7) is 4.53. The van der Waals surface area contributed by atoms with Gasteiger partial charge in [-0.15, -0.1) is 6.42 Å². The molecule has 2 unspecified atom stereocenters. The van der Waals surface area contributed by atoms with Crippen LogP contribution in [-0.4, -0.2) is 23.2 Å². The minimum Gasteiger partial charge on any atom is -0.480 e. The van der Waals surface area contributed by atoms with Crippen molar-refractivity contribution in [3.63, 3.8) is 0 Å². The zero-order valence-electron chi connectivity index (χ0n) is 9.42. The number of aliphatic carboxylic acids is 1. The summed E-state index contributed by atoms with van der Waals surface area (Å²) in [6.07, 6.45) is 7.62. The lowest BCUT2D eigenvalue weighted by molar-refractivity contribution is -0.147. The lowest BCUT2D eigenvalue weighted by Crippen LogP contribution is -2.56. The maximum Gasteiger partial charge on any atom is 0.323 e. The van der Waals surface area contributed by atoms with E-state index in [0.717, 1.165) is 6.42 Å². The zero-order chi connectivity index (χ0) is 11.5. The molecule has 3 nitrogen and oxygen atoms in total. The minimum absolute atomic E-state index is 0.325. The average molecular weight is 209 g/mol. The highest BCUT2D eigenvalue weighted by molar-refractivity contribution is 5.79. The Labute approximate surface area is 91.3 Å². The molecular weight excluding hydrogens is 190 g/mol. The number of nitrogens with one attached hydrogen (secondary N) is 1. The molecule has 0 saturated heterocycles. The van der Waals surface area contributed by atoms with Gasteiger partial charge in [-0.2, -0.15) is 0 Å². The number of hydrogen-bond donors (Lipinski definition) is 2. The number of carbonyl (C=O) groups is 1. The van der Waals surface area contributed by atoms with E-state index >= 15 is 0 Å². The van der Waals surface area contributed by atoms with Gasteiger partial charge in [-0.05, 0) is 31.1 Å². The first-order valence-corrected chi connectivity index (χ1v) is 5.42. The van der Waals surface area contributed by atoms with Gasteiger partial charge >= 0.3 is 5.97 Å². The SMILES string of the molecule is C#CCNC1(C(=O)O)CC(C)CC(C)C1. The minimum atomic E-state index is -0.802. The Bertz CT molecular complexity index is 270. The predicted octanol–water partition coefficient (Wildman–Crippen LogP) is 1.49. The Balaban J connectivity index is 2.80. The fourth-order valence-electron chi connectivity index (χ4n) is 2.74. The molecule has 2 atom stereocenters. The second-order valence-corrected chi connectivity index (χ2v) is 4.80. The van der Waals surface area contributed by atoms with Gasteiger partial charge < -0.3 is 5.11 Å². The van der Waals surface area contributed by atoms with Crippen LogP contribution in [0.4, 0.5) is 0 Å². The van der Waals surface area contributed by atoms with E-state index in [-0.39, 0.29) is 0 Å². The molecule has 1 rings (SSSR count). The van der Waals surface area contributed by atoms with E-state index in [1.807, 2.05) is 0 Å². The molecule has 1 saturated carbocycles. The second kappa shape index (κ2) is 4.67. The molecular formula is C12H19NO2. The third-order valence-corrected chi connectivity index (χ3v) is 3.14. The molecule has 0 aromatic carbocycles. The predicted molar refractivity (Wildman–Crippen MR) is 59.4 cm³/mol. The van der Waals surface area contributed by atoms with Crippen molar-refractivity contribution in [1.82, 2.24) is 5.32 Å². The molecule has 1 fully saturated rings. The topological polar surface area (TPSA) is 49.3 Å². The number of hydrogen-bond acceptors (Lipinski definition) is 2. The summed E-state index contributed by atoms with van der Waals surface area (Å²) in [6, 6.07) is 0. The third kappa shape index (κ3) is 2.73. The maximum absolute atomic E-state index is 11.3.